The number of carbonyl (C=O) groups excluding carboxylic acids is 1. The monoisotopic (exact) mass is 235 g/mol. The third-order valence-electron chi connectivity index (χ3n) is 2.91. The first-order valence-electron chi connectivity index (χ1n) is 5.95. The summed E-state index contributed by atoms with van der Waals surface area (Å²) in [6.07, 6.45) is 0.884. The molecule has 1 heterocycles. The minimum absolute atomic E-state index is 0.168. The van der Waals surface area contributed by atoms with Crippen molar-refractivity contribution >= 4 is 11.7 Å². The molecule has 1 aromatic rings. The zero-order chi connectivity index (χ0) is 13.0. The van der Waals surface area contributed by atoms with E-state index in [0.29, 0.717) is 5.82 Å². The average Bonchev–Trinajstić information content (AvgIpc) is 2.25. The summed E-state index contributed by atoms with van der Waals surface area (Å²) in [5.41, 5.74) is 7.82. The largest absolute Gasteiger partial charge is 0.320 e. The zero-order valence-electron chi connectivity index (χ0n) is 10.9. The fourth-order valence-corrected chi connectivity index (χ4v) is 1.63. The molecule has 94 valence electrons. The Bertz CT molecular complexity index is 383. The lowest BCUT2D eigenvalue weighted by Gasteiger charge is -2.17. The molecule has 0 aromatic carbocycles. The van der Waals surface area contributed by atoms with Crippen LogP contribution in [0.4, 0.5) is 5.82 Å². The summed E-state index contributed by atoms with van der Waals surface area (Å²) in [6.45, 7) is 7.86. The van der Waals surface area contributed by atoms with Crippen LogP contribution in [-0.4, -0.2) is 16.9 Å². The fraction of sp³-hybridized carbons (Fsp3) is 0.538. The number of hydrogen-bond acceptors (Lipinski definition) is 3. The number of nitrogens with one attached hydrogen (secondary N) is 1. The summed E-state index contributed by atoms with van der Waals surface area (Å²) in [5.74, 6) is 0.573. The van der Waals surface area contributed by atoms with Crippen molar-refractivity contribution < 1.29 is 4.79 Å². The van der Waals surface area contributed by atoms with Gasteiger partial charge in [-0.3, -0.25) is 4.79 Å². The maximum Gasteiger partial charge on any atom is 0.242 e. The Morgan fingerprint density at radius 1 is 1.47 bits per heavy atom. The lowest BCUT2D eigenvalue weighted by molar-refractivity contribution is -0.118. The van der Waals surface area contributed by atoms with E-state index in [4.69, 9.17) is 5.73 Å². The number of anilines is 1. The number of rotatable bonds is 4. The highest BCUT2D eigenvalue weighted by Gasteiger charge is 2.19. The van der Waals surface area contributed by atoms with E-state index in [1.54, 1.807) is 0 Å². The number of nitrogens with zero attached hydrogens (tertiary/aromatic N) is 1. The number of aromatic nitrogens is 1. The van der Waals surface area contributed by atoms with E-state index in [9.17, 15) is 4.79 Å². The van der Waals surface area contributed by atoms with Gasteiger partial charge in [-0.2, -0.15) is 0 Å². The fourth-order valence-electron chi connectivity index (χ4n) is 1.63. The van der Waals surface area contributed by atoms with Gasteiger partial charge < -0.3 is 11.1 Å². The van der Waals surface area contributed by atoms with Gasteiger partial charge in [0, 0.05) is 5.69 Å². The van der Waals surface area contributed by atoms with Crippen LogP contribution in [0.25, 0.3) is 0 Å². The summed E-state index contributed by atoms with van der Waals surface area (Å²) >= 11 is 0. The minimum Gasteiger partial charge on any atom is -0.320 e. The number of hydrogen-bond donors (Lipinski definition) is 2. The van der Waals surface area contributed by atoms with Gasteiger partial charge in [0.2, 0.25) is 5.91 Å². The Morgan fingerprint density at radius 2 is 2.12 bits per heavy atom. The molecule has 3 N–H and O–H groups in total. The molecule has 0 saturated carbocycles. The van der Waals surface area contributed by atoms with Crippen molar-refractivity contribution in [1.29, 1.82) is 0 Å². The summed E-state index contributed by atoms with van der Waals surface area (Å²) < 4.78 is 0. The van der Waals surface area contributed by atoms with Gasteiger partial charge in [0.15, 0.2) is 0 Å². The Kier molecular flexibility index (Phi) is 4.63. The quantitative estimate of drug-likeness (QED) is 0.838. The molecular formula is C13H21N3O. The van der Waals surface area contributed by atoms with Crippen LogP contribution < -0.4 is 11.1 Å². The summed E-state index contributed by atoms with van der Waals surface area (Å²) in [7, 11) is 0. The van der Waals surface area contributed by atoms with E-state index in [0.717, 1.165) is 17.7 Å². The van der Waals surface area contributed by atoms with E-state index in [1.807, 2.05) is 39.8 Å². The molecule has 4 nitrogen and oxygen atoms in total. The molecule has 1 amide bonds. The van der Waals surface area contributed by atoms with Gasteiger partial charge >= 0.3 is 0 Å². The molecule has 2 atom stereocenters. The van der Waals surface area contributed by atoms with Crippen molar-refractivity contribution in [3.05, 3.63) is 23.4 Å². The topological polar surface area (TPSA) is 68.0 Å². The molecule has 4 heteroatoms. The predicted molar refractivity (Wildman–Crippen MR) is 69.8 cm³/mol. The highest BCUT2D eigenvalue weighted by atomic mass is 16.2. The lowest BCUT2D eigenvalue weighted by Crippen LogP contribution is -2.40. The maximum atomic E-state index is 11.9. The minimum atomic E-state index is -0.484. The van der Waals surface area contributed by atoms with Crippen LogP contribution in [0.5, 0.6) is 0 Å². The van der Waals surface area contributed by atoms with Crippen molar-refractivity contribution in [3.8, 4) is 0 Å². The maximum absolute atomic E-state index is 11.9. The van der Waals surface area contributed by atoms with Crippen LogP contribution in [0.1, 0.15) is 31.5 Å². The second kappa shape index (κ2) is 5.77. The smallest absolute Gasteiger partial charge is 0.242 e. The van der Waals surface area contributed by atoms with E-state index >= 15 is 0 Å². The van der Waals surface area contributed by atoms with Gasteiger partial charge in [-0.25, -0.2) is 4.98 Å². The van der Waals surface area contributed by atoms with Gasteiger partial charge in [-0.05, 0) is 37.5 Å². The van der Waals surface area contributed by atoms with Crippen LogP contribution >= 0.6 is 0 Å². The molecule has 1 unspecified atom stereocenters. The number of carbonyl (C=O) groups is 1. The second-order valence-electron chi connectivity index (χ2n) is 4.57. The van der Waals surface area contributed by atoms with E-state index in [-0.39, 0.29) is 11.8 Å². The van der Waals surface area contributed by atoms with Crippen molar-refractivity contribution in [1.82, 2.24) is 4.98 Å². The van der Waals surface area contributed by atoms with Crippen LogP contribution in [0.15, 0.2) is 12.1 Å². The molecule has 17 heavy (non-hydrogen) atoms. The number of aryl methyl sites for hydroxylation is 2. The summed E-state index contributed by atoms with van der Waals surface area (Å²) in [6, 6.07) is 3.32. The van der Waals surface area contributed by atoms with E-state index < -0.39 is 6.04 Å². The van der Waals surface area contributed by atoms with Crippen molar-refractivity contribution in [2.75, 3.05) is 5.32 Å². The Balaban J connectivity index is 2.74. The number of pyridine rings is 1. The molecule has 0 aliphatic heterocycles. The van der Waals surface area contributed by atoms with E-state index in [1.165, 1.54) is 0 Å². The average molecular weight is 235 g/mol. The van der Waals surface area contributed by atoms with Crippen LogP contribution in [0.2, 0.25) is 0 Å². The molecule has 1 aromatic heterocycles. The van der Waals surface area contributed by atoms with Gasteiger partial charge in [0.25, 0.3) is 0 Å². The van der Waals surface area contributed by atoms with Gasteiger partial charge in [-0.15, -0.1) is 0 Å². The first-order chi connectivity index (χ1) is 7.93. The van der Waals surface area contributed by atoms with Crippen LogP contribution in [0.3, 0.4) is 0 Å². The van der Waals surface area contributed by atoms with Crippen LogP contribution in [-0.2, 0) is 4.79 Å². The molecule has 0 aliphatic carbocycles. The van der Waals surface area contributed by atoms with Gasteiger partial charge in [0.1, 0.15) is 5.82 Å². The first kappa shape index (κ1) is 13.6. The van der Waals surface area contributed by atoms with Crippen molar-refractivity contribution in [3.63, 3.8) is 0 Å². The van der Waals surface area contributed by atoms with Crippen molar-refractivity contribution in [2.45, 2.75) is 40.2 Å². The SMILES string of the molecule is CCC(C)[C@H](N)C(=O)Nc1cc(C)cc(C)n1. The van der Waals surface area contributed by atoms with Gasteiger partial charge in [-0.1, -0.05) is 20.3 Å². The lowest BCUT2D eigenvalue weighted by atomic mass is 9.99. The van der Waals surface area contributed by atoms with Gasteiger partial charge in [0.05, 0.1) is 6.04 Å². The first-order valence-corrected chi connectivity index (χ1v) is 5.95. The Hall–Kier alpha value is -1.42. The highest BCUT2D eigenvalue weighted by molar-refractivity contribution is 5.94. The third-order valence-corrected chi connectivity index (χ3v) is 2.91. The Labute approximate surface area is 103 Å². The molecule has 0 spiro atoms. The third kappa shape index (κ3) is 3.82. The van der Waals surface area contributed by atoms with Crippen LogP contribution in [0, 0.1) is 19.8 Å². The number of nitrogens with two attached hydrogens (primary N) is 1. The second-order valence-corrected chi connectivity index (χ2v) is 4.57. The molecule has 0 aliphatic rings. The van der Waals surface area contributed by atoms with E-state index in [2.05, 4.69) is 10.3 Å². The van der Waals surface area contributed by atoms with Crippen molar-refractivity contribution in [2.24, 2.45) is 11.7 Å². The Morgan fingerprint density at radius 3 is 2.65 bits per heavy atom. The normalized spacial score (nSPS) is 14.2. The standard InChI is InChI=1S/C13H21N3O/c1-5-9(3)12(14)13(17)16-11-7-8(2)6-10(4)15-11/h6-7,9,12H,5,14H2,1-4H3,(H,15,16,17)/t9?,12-/m0/s1. The molecule has 0 saturated heterocycles. The number of amides is 1. The molecular weight excluding hydrogens is 214 g/mol. The summed E-state index contributed by atoms with van der Waals surface area (Å²) in [5, 5.41) is 2.76. The molecule has 0 bridgehead atoms. The highest BCUT2D eigenvalue weighted by Crippen LogP contribution is 2.11. The summed E-state index contributed by atoms with van der Waals surface area (Å²) in [4.78, 5) is 16.1. The predicted octanol–water partition coefficient (Wildman–Crippen LogP) is 2.01. The zero-order valence-corrected chi connectivity index (χ0v) is 10.9. The molecule has 1 rings (SSSR count). The molecule has 0 radical (unpaired) electrons. The molecule has 0 fully saturated rings.